The van der Waals surface area contributed by atoms with Gasteiger partial charge >= 0.3 is 0 Å². The number of aromatic nitrogens is 1. The van der Waals surface area contributed by atoms with Gasteiger partial charge in [0.05, 0.1) is 6.42 Å². The second-order valence-electron chi connectivity index (χ2n) is 3.96. The zero-order chi connectivity index (χ0) is 14.2. The number of carbonyl (C=O) groups excluding carboxylic acids is 2. The molecular weight excluding hydrogens is 277 g/mol. The number of rotatable bonds is 3. The van der Waals surface area contributed by atoms with Gasteiger partial charge in [-0.3, -0.25) is 14.5 Å². The number of amides is 2. The van der Waals surface area contributed by atoms with Gasteiger partial charge in [-0.25, -0.2) is 17.8 Å². The van der Waals surface area contributed by atoms with E-state index in [9.17, 15) is 22.4 Å². The van der Waals surface area contributed by atoms with Crippen LogP contribution in [0.4, 0.5) is 4.39 Å². The molecule has 19 heavy (non-hydrogen) atoms. The molecule has 1 saturated heterocycles. The number of likely N-dealkylation sites (tertiary alicyclic amines) is 1. The van der Waals surface area contributed by atoms with Crippen LogP contribution in [0.25, 0.3) is 0 Å². The molecule has 1 aromatic heterocycles. The van der Waals surface area contributed by atoms with E-state index >= 15 is 0 Å². The molecule has 1 aromatic rings. The molecule has 2 amide bonds. The molecule has 2 rings (SSSR count). The highest BCUT2D eigenvalue weighted by atomic mass is 32.2. The van der Waals surface area contributed by atoms with Crippen molar-refractivity contribution in [3.63, 3.8) is 0 Å². The van der Waals surface area contributed by atoms with Gasteiger partial charge in [0, 0.05) is 13.2 Å². The highest BCUT2D eigenvalue weighted by Gasteiger charge is 2.39. The number of hydrogen-bond acceptors (Lipinski definition) is 5. The highest BCUT2D eigenvalue weighted by Crippen LogP contribution is 2.15. The second kappa shape index (κ2) is 4.67. The van der Waals surface area contributed by atoms with E-state index < -0.39 is 38.7 Å². The standard InChI is InChI=1S/C10H10FN3O4S/c1-14-8(15)5-7(10(14)16)13-19(17,18)9-6(11)3-2-4-12-9/h2-4,7,13H,5H2,1H3. The van der Waals surface area contributed by atoms with E-state index in [4.69, 9.17) is 0 Å². The lowest BCUT2D eigenvalue weighted by atomic mass is 10.3. The van der Waals surface area contributed by atoms with Gasteiger partial charge in [0.2, 0.25) is 16.8 Å². The summed E-state index contributed by atoms with van der Waals surface area (Å²) in [5.74, 6) is -2.20. The summed E-state index contributed by atoms with van der Waals surface area (Å²) in [7, 11) is -3.04. The Bertz CT molecular complexity index is 646. The number of likely N-dealkylation sites (N-methyl/N-ethyl adjacent to an activating group) is 1. The van der Waals surface area contributed by atoms with Crippen molar-refractivity contribution in [1.82, 2.24) is 14.6 Å². The van der Waals surface area contributed by atoms with Crippen molar-refractivity contribution in [2.75, 3.05) is 7.05 Å². The number of pyridine rings is 1. The van der Waals surface area contributed by atoms with Crippen molar-refractivity contribution in [3.05, 3.63) is 24.1 Å². The van der Waals surface area contributed by atoms with Crippen molar-refractivity contribution >= 4 is 21.8 Å². The SMILES string of the molecule is CN1C(=O)CC(NS(=O)(=O)c2ncccc2F)C1=O. The van der Waals surface area contributed by atoms with Gasteiger partial charge in [0.1, 0.15) is 6.04 Å². The van der Waals surface area contributed by atoms with Crippen LogP contribution in [0.5, 0.6) is 0 Å². The van der Waals surface area contributed by atoms with E-state index in [1.54, 1.807) is 0 Å². The normalized spacial score (nSPS) is 20.1. The largest absolute Gasteiger partial charge is 0.284 e. The minimum atomic E-state index is -4.29. The summed E-state index contributed by atoms with van der Waals surface area (Å²) in [6, 6.07) is 0.964. The third kappa shape index (κ3) is 2.47. The molecule has 1 atom stereocenters. The Balaban J connectivity index is 2.27. The van der Waals surface area contributed by atoms with Crippen LogP contribution in [-0.4, -0.2) is 43.2 Å². The molecule has 1 aliphatic heterocycles. The first-order valence-corrected chi connectivity index (χ1v) is 6.74. The van der Waals surface area contributed by atoms with E-state index in [1.165, 1.54) is 13.1 Å². The maximum Gasteiger partial charge on any atom is 0.261 e. The summed E-state index contributed by atoms with van der Waals surface area (Å²) < 4.78 is 39.1. The van der Waals surface area contributed by atoms with Gasteiger partial charge < -0.3 is 0 Å². The Morgan fingerprint density at radius 2 is 2.16 bits per heavy atom. The van der Waals surface area contributed by atoms with Gasteiger partial charge in [0.15, 0.2) is 5.82 Å². The molecule has 0 aromatic carbocycles. The third-order valence-corrected chi connectivity index (χ3v) is 4.06. The molecule has 0 saturated carbocycles. The number of nitrogens with zero attached hydrogens (tertiary/aromatic N) is 2. The van der Waals surface area contributed by atoms with Crippen molar-refractivity contribution < 1.29 is 22.4 Å². The maximum absolute atomic E-state index is 13.4. The lowest BCUT2D eigenvalue weighted by Gasteiger charge is -2.11. The zero-order valence-electron chi connectivity index (χ0n) is 9.83. The molecule has 9 heteroatoms. The number of nitrogens with one attached hydrogen (secondary N) is 1. The van der Waals surface area contributed by atoms with Gasteiger partial charge in [-0.05, 0) is 12.1 Å². The van der Waals surface area contributed by atoms with Gasteiger partial charge in [-0.1, -0.05) is 0 Å². The zero-order valence-corrected chi connectivity index (χ0v) is 10.6. The summed E-state index contributed by atoms with van der Waals surface area (Å²) in [4.78, 5) is 27.1. The van der Waals surface area contributed by atoms with Crippen molar-refractivity contribution in [2.24, 2.45) is 0 Å². The first-order valence-electron chi connectivity index (χ1n) is 5.26. The Morgan fingerprint density at radius 3 is 2.68 bits per heavy atom. The molecule has 2 heterocycles. The van der Waals surface area contributed by atoms with Crippen LogP contribution in [0.2, 0.25) is 0 Å². The molecule has 1 fully saturated rings. The van der Waals surface area contributed by atoms with Crippen LogP contribution < -0.4 is 4.72 Å². The fraction of sp³-hybridized carbons (Fsp3) is 0.300. The molecule has 0 spiro atoms. The van der Waals surface area contributed by atoms with Crippen LogP contribution >= 0.6 is 0 Å². The predicted octanol–water partition coefficient (Wildman–Crippen LogP) is -0.744. The fourth-order valence-electron chi connectivity index (χ4n) is 1.66. The number of sulfonamides is 1. The molecular formula is C10H10FN3O4S. The molecule has 0 radical (unpaired) electrons. The molecule has 0 bridgehead atoms. The molecule has 102 valence electrons. The molecule has 1 aliphatic rings. The third-order valence-electron chi connectivity index (χ3n) is 2.66. The predicted molar refractivity (Wildman–Crippen MR) is 60.7 cm³/mol. The number of carbonyl (C=O) groups is 2. The fourth-order valence-corrected chi connectivity index (χ4v) is 2.85. The smallest absolute Gasteiger partial charge is 0.261 e. The minimum absolute atomic E-state index is 0.289. The van der Waals surface area contributed by atoms with E-state index in [0.29, 0.717) is 0 Å². The monoisotopic (exact) mass is 287 g/mol. The van der Waals surface area contributed by atoms with Gasteiger partial charge in [-0.2, -0.15) is 4.72 Å². The summed E-state index contributed by atoms with van der Waals surface area (Å²) in [6.45, 7) is 0. The van der Waals surface area contributed by atoms with Crippen molar-refractivity contribution in [2.45, 2.75) is 17.5 Å². The first kappa shape index (κ1) is 13.6. The molecule has 0 aliphatic carbocycles. The Labute approximate surface area is 108 Å². The van der Waals surface area contributed by atoms with Gasteiger partial charge in [-0.15, -0.1) is 0 Å². The summed E-state index contributed by atoms with van der Waals surface area (Å²) >= 11 is 0. The van der Waals surface area contributed by atoms with Crippen LogP contribution in [0.3, 0.4) is 0 Å². The van der Waals surface area contributed by atoms with Crippen LogP contribution in [0, 0.1) is 5.82 Å². The quantitative estimate of drug-likeness (QED) is 0.738. The Hall–Kier alpha value is -1.87. The Kier molecular flexibility index (Phi) is 3.33. The minimum Gasteiger partial charge on any atom is -0.284 e. The first-order chi connectivity index (χ1) is 8.83. The van der Waals surface area contributed by atoms with Crippen LogP contribution in [0.1, 0.15) is 6.42 Å². The molecule has 1 unspecified atom stereocenters. The highest BCUT2D eigenvalue weighted by molar-refractivity contribution is 7.89. The van der Waals surface area contributed by atoms with E-state index in [1.807, 2.05) is 4.72 Å². The van der Waals surface area contributed by atoms with Crippen LogP contribution in [-0.2, 0) is 19.6 Å². The Morgan fingerprint density at radius 1 is 1.47 bits per heavy atom. The molecule has 7 nitrogen and oxygen atoms in total. The van der Waals surface area contributed by atoms with Crippen molar-refractivity contribution in [1.29, 1.82) is 0 Å². The number of imide groups is 1. The van der Waals surface area contributed by atoms with E-state index in [-0.39, 0.29) is 6.42 Å². The van der Waals surface area contributed by atoms with Crippen molar-refractivity contribution in [3.8, 4) is 0 Å². The summed E-state index contributed by atoms with van der Waals surface area (Å²) in [5, 5.41) is -0.801. The average Bonchev–Trinajstić information content (AvgIpc) is 2.57. The second-order valence-corrected chi connectivity index (χ2v) is 5.59. The lowest BCUT2D eigenvalue weighted by molar-refractivity contribution is -0.137. The maximum atomic E-state index is 13.4. The van der Waals surface area contributed by atoms with E-state index in [2.05, 4.69) is 4.98 Å². The molecule has 1 N–H and O–H groups in total. The van der Waals surface area contributed by atoms with E-state index in [0.717, 1.165) is 17.2 Å². The lowest BCUT2D eigenvalue weighted by Crippen LogP contribution is -2.41. The van der Waals surface area contributed by atoms with Crippen LogP contribution in [0.15, 0.2) is 23.4 Å². The van der Waals surface area contributed by atoms with Gasteiger partial charge in [0.25, 0.3) is 10.0 Å². The topological polar surface area (TPSA) is 96.4 Å². The number of halogens is 1. The average molecular weight is 287 g/mol. The number of hydrogen-bond donors (Lipinski definition) is 1. The summed E-state index contributed by atoms with van der Waals surface area (Å²) in [5.41, 5.74) is 0. The summed E-state index contributed by atoms with van der Waals surface area (Å²) in [6.07, 6.45) is 0.828.